The molecule has 1 aromatic rings. The van der Waals surface area contributed by atoms with Crippen LogP contribution < -0.4 is 5.32 Å². The van der Waals surface area contributed by atoms with E-state index in [4.69, 9.17) is 8.92 Å². The zero-order valence-electron chi connectivity index (χ0n) is 16.3. The number of nitrogens with zero attached hydrogens (tertiary/aromatic N) is 1. The molecule has 1 aliphatic rings. The van der Waals surface area contributed by atoms with E-state index in [0.717, 1.165) is 16.7 Å². The highest BCUT2D eigenvalue weighted by Gasteiger charge is 2.51. The Morgan fingerprint density at radius 2 is 1.86 bits per heavy atom. The molecule has 0 saturated carbocycles. The fourth-order valence-electron chi connectivity index (χ4n) is 3.41. The largest absolute Gasteiger partial charge is 0.465 e. The van der Waals surface area contributed by atoms with Crippen LogP contribution in [0.25, 0.3) is 0 Å². The minimum absolute atomic E-state index is 0.0276. The van der Waals surface area contributed by atoms with Crippen molar-refractivity contribution >= 4 is 22.3 Å². The van der Waals surface area contributed by atoms with E-state index in [-0.39, 0.29) is 13.2 Å². The first kappa shape index (κ1) is 22.0. The molecule has 2 N–H and O–H groups in total. The van der Waals surface area contributed by atoms with Crippen LogP contribution in [0.2, 0.25) is 0 Å². The highest BCUT2D eigenvalue weighted by Crippen LogP contribution is 2.35. The summed E-state index contributed by atoms with van der Waals surface area (Å²) in [5.74, 6) is 0. The predicted octanol–water partition coefficient (Wildman–Crippen LogP) is 2.03. The molecular formula is C18H26N2O7S. The molecule has 1 aliphatic heterocycles. The summed E-state index contributed by atoms with van der Waals surface area (Å²) in [5, 5.41) is 12.2. The third-order valence-electron chi connectivity index (χ3n) is 4.38. The van der Waals surface area contributed by atoms with Crippen LogP contribution in [0, 0.1) is 5.41 Å². The number of hydrogen-bond donors (Lipinski definition) is 2. The number of carboxylic acid groups (broad SMARTS) is 1. The van der Waals surface area contributed by atoms with Crippen molar-refractivity contribution in [3.8, 4) is 0 Å². The zero-order valence-corrected chi connectivity index (χ0v) is 17.1. The lowest BCUT2D eigenvalue weighted by Crippen LogP contribution is -2.55. The van der Waals surface area contributed by atoms with Gasteiger partial charge in [-0.05, 0) is 11.0 Å². The minimum Gasteiger partial charge on any atom is -0.465 e. The van der Waals surface area contributed by atoms with Gasteiger partial charge >= 0.3 is 12.2 Å². The monoisotopic (exact) mass is 414 g/mol. The summed E-state index contributed by atoms with van der Waals surface area (Å²) >= 11 is 0. The van der Waals surface area contributed by atoms with Gasteiger partial charge in [-0.2, -0.15) is 8.42 Å². The molecule has 0 aromatic heterocycles. The number of amides is 2. The van der Waals surface area contributed by atoms with Gasteiger partial charge in [-0.1, -0.05) is 51.1 Å². The number of carbonyl (C=O) groups is 2. The molecule has 3 atom stereocenters. The lowest BCUT2D eigenvalue weighted by Gasteiger charge is -2.37. The zero-order chi connectivity index (χ0) is 21.1. The van der Waals surface area contributed by atoms with Gasteiger partial charge in [0.05, 0.1) is 24.9 Å². The molecule has 1 aromatic carbocycles. The van der Waals surface area contributed by atoms with Crippen LogP contribution >= 0.6 is 0 Å². The van der Waals surface area contributed by atoms with Crippen LogP contribution in [-0.4, -0.2) is 61.6 Å². The minimum atomic E-state index is -3.86. The second-order valence-corrected chi connectivity index (χ2v) is 9.42. The van der Waals surface area contributed by atoms with Crippen LogP contribution in [-0.2, 0) is 25.6 Å². The number of benzene rings is 1. The van der Waals surface area contributed by atoms with Gasteiger partial charge in [-0.3, -0.25) is 9.08 Å². The highest BCUT2D eigenvalue weighted by atomic mass is 32.2. The summed E-state index contributed by atoms with van der Waals surface area (Å²) in [7, 11) is -3.86. The average molecular weight is 414 g/mol. The van der Waals surface area contributed by atoms with E-state index in [2.05, 4.69) is 5.32 Å². The van der Waals surface area contributed by atoms with Crippen molar-refractivity contribution in [1.82, 2.24) is 10.2 Å². The first-order valence-electron chi connectivity index (χ1n) is 8.73. The van der Waals surface area contributed by atoms with Crippen molar-refractivity contribution in [2.45, 2.75) is 45.6 Å². The van der Waals surface area contributed by atoms with E-state index >= 15 is 0 Å². The van der Waals surface area contributed by atoms with Crippen molar-refractivity contribution in [1.29, 1.82) is 0 Å². The number of nitrogens with one attached hydrogen (secondary N) is 1. The van der Waals surface area contributed by atoms with E-state index in [1.807, 2.05) is 18.2 Å². The quantitative estimate of drug-likeness (QED) is 0.707. The molecule has 9 nitrogen and oxygen atoms in total. The van der Waals surface area contributed by atoms with E-state index in [1.54, 1.807) is 32.9 Å². The molecule has 1 fully saturated rings. The maximum atomic E-state index is 12.3. The maximum Gasteiger partial charge on any atom is 0.407 e. The summed E-state index contributed by atoms with van der Waals surface area (Å²) in [6.45, 7) is 5.26. The Labute approximate surface area is 164 Å². The van der Waals surface area contributed by atoms with Crippen LogP contribution in [0.5, 0.6) is 0 Å². The Kier molecular flexibility index (Phi) is 6.56. The van der Waals surface area contributed by atoms with Crippen LogP contribution in [0.15, 0.2) is 30.3 Å². The van der Waals surface area contributed by atoms with Gasteiger partial charge in [-0.25, -0.2) is 9.59 Å². The standard InChI is InChI=1S/C18H26N2O7S/c1-18(2,3)15-14(13(27-28(4,24)25)10-20(15)17(22)23)19-16(21)26-11-12-8-6-5-7-9-12/h5-9,13-15H,10-11H2,1-4H3,(H,19,21)(H,22,23)/t13-,14+,15?/m1/s1. The van der Waals surface area contributed by atoms with Gasteiger partial charge in [0.2, 0.25) is 0 Å². The van der Waals surface area contributed by atoms with Crippen molar-refractivity contribution in [2.75, 3.05) is 12.8 Å². The number of likely N-dealkylation sites (tertiary alicyclic amines) is 1. The van der Waals surface area contributed by atoms with Gasteiger partial charge in [0.15, 0.2) is 0 Å². The Bertz CT molecular complexity index is 805. The normalized spacial score (nSPS) is 22.7. The van der Waals surface area contributed by atoms with Crippen molar-refractivity contribution in [3.05, 3.63) is 35.9 Å². The van der Waals surface area contributed by atoms with Gasteiger partial charge in [0, 0.05) is 0 Å². The molecule has 28 heavy (non-hydrogen) atoms. The molecule has 0 spiro atoms. The summed E-state index contributed by atoms with van der Waals surface area (Å²) in [4.78, 5) is 25.1. The molecule has 1 unspecified atom stereocenters. The molecule has 10 heteroatoms. The molecule has 2 rings (SSSR count). The molecule has 156 valence electrons. The molecule has 1 heterocycles. The van der Waals surface area contributed by atoms with Crippen molar-refractivity contribution in [3.63, 3.8) is 0 Å². The van der Waals surface area contributed by atoms with Crippen molar-refractivity contribution in [2.24, 2.45) is 5.41 Å². The number of carbonyl (C=O) groups excluding carboxylic acids is 1. The predicted molar refractivity (Wildman–Crippen MR) is 101 cm³/mol. The summed E-state index contributed by atoms with van der Waals surface area (Å²) in [6, 6.07) is 7.44. The Morgan fingerprint density at radius 3 is 2.36 bits per heavy atom. The Balaban J connectivity index is 2.20. The van der Waals surface area contributed by atoms with Crippen molar-refractivity contribution < 1.29 is 32.0 Å². The summed E-state index contributed by atoms with van der Waals surface area (Å²) in [6.07, 6.45) is -2.17. The van der Waals surface area contributed by atoms with Crippen LogP contribution in [0.1, 0.15) is 26.3 Å². The summed E-state index contributed by atoms with van der Waals surface area (Å²) in [5.41, 5.74) is 0.193. The van der Waals surface area contributed by atoms with E-state index in [1.165, 1.54) is 0 Å². The Hall–Kier alpha value is -2.33. The Morgan fingerprint density at radius 1 is 1.25 bits per heavy atom. The highest BCUT2D eigenvalue weighted by molar-refractivity contribution is 7.86. The number of rotatable bonds is 5. The number of ether oxygens (including phenoxy) is 1. The molecule has 0 bridgehead atoms. The van der Waals surface area contributed by atoms with Gasteiger partial charge in [-0.15, -0.1) is 0 Å². The van der Waals surface area contributed by atoms with E-state index in [9.17, 15) is 23.1 Å². The van der Waals surface area contributed by atoms with Crippen LogP contribution in [0.4, 0.5) is 9.59 Å². The smallest absolute Gasteiger partial charge is 0.407 e. The molecule has 0 aliphatic carbocycles. The number of alkyl carbamates (subject to hydrolysis) is 1. The first-order valence-corrected chi connectivity index (χ1v) is 10.5. The topological polar surface area (TPSA) is 122 Å². The third kappa shape index (κ3) is 5.83. The third-order valence-corrected chi connectivity index (χ3v) is 4.98. The number of hydrogen-bond acceptors (Lipinski definition) is 6. The van der Waals surface area contributed by atoms with Gasteiger partial charge in [0.1, 0.15) is 12.7 Å². The fraction of sp³-hybridized carbons (Fsp3) is 0.556. The maximum absolute atomic E-state index is 12.3. The molecule has 2 amide bonds. The lowest BCUT2D eigenvalue weighted by molar-refractivity contribution is 0.0893. The van der Waals surface area contributed by atoms with E-state index in [0.29, 0.717) is 0 Å². The lowest BCUT2D eigenvalue weighted by atomic mass is 9.82. The van der Waals surface area contributed by atoms with Gasteiger partial charge in [0.25, 0.3) is 10.1 Å². The molecule has 0 radical (unpaired) electrons. The van der Waals surface area contributed by atoms with Gasteiger partial charge < -0.3 is 15.2 Å². The SMILES string of the molecule is CC(C)(C)C1[C@@H](NC(=O)OCc2ccccc2)[C@H](OS(C)(=O)=O)CN1C(=O)O. The average Bonchev–Trinajstić information content (AvgIpc) is 2.91. The summed E-state index contributed by atoms with van der Waals surface area (Å²) < 4.78 is 33.5. The van der Waals surface area contributed by atoms with Crippen LogP contribution in [0.3, 0.4) is 0 Å². The molecule has 1 saturated heterocycles. The second kappa shape index (κ2) is 8.36. The molecular weight excluding hydrogens is 388 g/mol. The second-order valence-electron chi connectivity index (χ2n) is 7.82. The van der Waals surface area contributed by atoms with E-state index < -0.39 is 45.9 Å². The fourth-order valence-corrected chi connectivity index (χ4v) is 4.04. The first-order chi connectivity index (χ1) is 12.9.